The van der Waals surface area contributed by atoms with Gasteiger partial charge >= 0.3 is 6.09 Å². The summed E-state index contributed by atoms with van der Waals surface area (Å²) in [5, 5.41) is 2.72. The highest BCUT2D eigenvalue weighted by Crippen LogP contribution is 2.29. The van der Waals surface area contributed by atoms with E-state index in [0.717, 1.165) is 6.42 Å². The van der Waals surface area contributed by atoms with Crippen molar-refractivity contribution in [1.29, 1.82) is 0 Å². The Morgan fingerprint density at radius 1 is 1.38 bits per heavy atom. The summed E-state index contributed by atoms with van der Waals surface area (Å²) < 4.78 is 5.22. The quantitative estimate of drug-likeness (QED) is 0.772. The van der Waals surface area contributed by atoms with Crippen molar-refractivity contribution in [2.75, 3.05) is 13.2 Å². The Hall–Kier alpha value is -0.770. The molecule has 4 heteroatoms. The number of hydrogen-bond donors (Lipinski definition) is 2. The fraction of sp³-hybridized carbons (Fsp3) is 0.917. The van der Waals surface area contributed by atoms with Gasteiger partial charge in [-0.1, -0.05) is 12.8 Å². The smallest absolute Gasteiger partial charge is 0.407 e. The molecule has 1 aliphatic rings. The topological polar surface area (TPSA) is 64.3 Å². The zero-order chi connectivity index (χ0) is 12.0. The van der Waals surface area contributed by atoms with E-state index in [0.29, 0.717) is 25.0 Å². The van der Waals surface area contributed by atoms with Gasteiger partial charge in [-0.2, -0.15) is 0 Å². The van der Waals surface area contributed by atoms with E-state index in [-0.39, 0.29) is 12.1 Å². The largest absolute Gasteiger partial charge is 0.449 e. The second-order valence-electron chi connectivity index (χ2n) is 4.94. The molecule has 16 heavy (non-hydrogen) atoms. The maximum atomic E-state index is 11.3. The first-order valence-electron chi connectivity index (χ1n) is 6.26. The molecular formula is C12H24N2O2. The standard InChI is InChI=1S/C12H24N2O2/c1-9(2)14-12(15)16-8-11-6-4-3-5-10(11)7-13/h9-11H,3-8,13H2,1-2H3,(H,14,15). The lowest BCUT2D eigenvalue weighted by Crippen LogP contribution is -2.35. The Labute approximate surface area is 97.9 Å². The average molecular weight is 228 g/mol. The molecule has 1 saturated carbocycles. The zero-order valence-electron chi connectivity index (χ0n) is 10.4. The third-order valence-corrected chi connectivity index (χ3v) is 3.20. The summed E-state index contributed by atoms with van der Waals surface area (Å²) in [6, 6.07) is 0.129. The minimum Gasteiger partial charge on any atom is -0.449 e. The number of ether oxygens (including phenoxy) is 1. The van der Waals surface area contributed by atoms with Crippen LogP contribution in [0, 0.1) is 11.8 Å². The summed E-state index contributed by atoms with van der Waals surface area (Å²) in [6.07, 6.45) is 4.50. The van der Waals surface area contributed by atoms with Gasteiger partial charge in [-0.25, -0.2) is 4.79 Å². The molecule has 0 aliphatic heterocycles. The van der Waals surface area contributed by atoms with E-state index in [1.165, 1.54) is 19.3 Å². The summed E-state index contributed by atoms with van der Waals surface area (Å²) in [7, 11) is 0. The molecule has 94 valence electrons. The number of amides is 1. The first-order valence-corrected chi connectivity index (χ1v) is 6.26. The van der Waals surface area contributed by atoms with Crippen LogP contribution in [0.2, 0.25) is 0 Å². The predicted molar refractivity (Wildman–Crippen MR) is 64.1 cm³/mol. The van der Waals surface area contributed by atoms with Crippen molar-refractivity contribution in [1.82, 2.24) is 5.32 Å². The maximum absolute atomic E-state index is 11.3. The molecule has 0 radical (unpaired) electrons. The Kier molecular flexibility index (Phi) is 5.60. The highest BCUT2D eigenvalue weighted by Gasteiger charge is 2.25. The molecule has 0 aromatic rings. The zero-order valence-corrected chi connectivity index (χ0v) is 10.4. The third-order valence-electron chi connectivity index (χ3n) is 3.20. The number of nitrogens with two attached hydrogens (primary N) is 1. The number of nitrogens with one attached hydrogen (secondary N) is 1. The van der Waals surface area contributed by atoms with Gasteiger partial charge in [0.25, 0.3) is 0 Å². The van der Waals surface area contributed by atoms with Crippen LogP contribution in [0.1, 0.15) is 39.5 Å². The van der Waals surface area contributed by atoms with Crippen molar-refractivity contribution in [3.8, 4) is 0 Å². The molecular weight excluding hydrogens is 204 g/mol. The molecule has 4 nitrogen and oxygen atoms in total. The van der Waals surface area contributed by atoms with E-state index in [9.17, 15) is 4.79 Å². The third kappa shape index (κ3) is 4.39. The minimum atomic E-state index is -0.309. The van der Waals surface area contributed by atoms with Crippen LogP contribution in [-0.2, 0) is 4.74 Å². The summed E-state index contributed by atoms with van der Waals surface area (Å²) in [6.45, 7) is 5.06. The van der Waals surface area contributed by atoms with Gasteiger partial charge in [-0.3, -0.25) is 0 Å². The Morgan fingerprint density at radius 2 is 2.00 bits per heavy atom. The molecule has 1 amide bonds. The molecule has 2 unspecified atom stereocenters. The van der Waals surface area contributed by atoms with Gasteiger partial charge in [-0.15, -0.1) is 0 Å². The number of hydrogen-bond acceptors (Lipinski definition) is 3. The molecule has 0 aromatic heterocycles. The van der Waals surface area contributed by atoms with Gasteiger partial charge in [0.1, 0.15) is 0 Å². The molecule has 0 aromatic carbocycles. The van der Waals surface area contributed by atoms with Crippen molar-refractivity contribution in [2.45, 2.75) is 45.6 Å². The van der Waals surface area contributed by atoms with Gasteiger partial charge in [0, 0.05) is 6.04 Å². The summed E-state index contributed by atoms with van der Waals surface area (Å²) in [5.74, 6) is 0.984. The van der Waals surface area contributed by atoms with Gasteiger partial charge in [0.2, 0.25) is 0 Å². The van der Waals surface area contributed by atoms with Crippen molar-refractivity contribution >= 4 is 6.09 Å². The molecule has 0 saturated heterocycles. The lowest BCUT2D eigenvalue weighted by molar-refractivity contribution is 0.0926. The average Bonchev–Trinajstić information content (AvgIpc) is 2.26. The van der Waals surface area contributed by atoms with Crippen LogP contribution in [0.5, 0.6) is 0 Å². The number of rotatable bonds is 4. The van der Waals surface area contributed by atoms with Gasteiger partial charge in [0.15, 0.2) is 0 Å². The minimum absolute atomic E-state index is 0.129. The summed E-state index contributed by atoms with van der Waals surface area (Å²) in [4.78, 5) is 11.3. The van der Waals surface area contributed by atoms with Crippen molar-refractivity contribution < 1.29 is 9.53 Å². The molecule has 0 bridgehead atoms. The summed E-state index contributed by atoms with van der Waals surface area (Å²) >= 11 is 0. The molecule has 0 heterocycles. The van der Waals surface area contributed by atoms with E-state index < -0.39 is 0 Å². The van der Waals surface area contributed by atoms with Crippen LogP contribution in [0.15, 0.2) is 0 Å². The maximum Gasteiger partial charge on any atom is 0.407 e. The highest BCUT2D eigenvalue weighted by molar-refractivity contribution is 5.67. The normalized spacial score (nSPS) is 25.5. The van der Waals surface area contributed by atoms with Gasteiger partial charge in [0.05, 0.1) is 6.61 Å². The van der Waals surface area contributed by atoms with Crippen LogP contribution in [0.25, 0.3) is 0 Å². The van der Waals surface area contributed by atoms with E-state index in [4.69, 9.17) is 10.5 Å². The fourth-order valence-electron chi connectivity index (χ4n) is 2.27. The van der Waals surface area contributed by atoms with Crippen LogP contribution in [0.3, 0.4) is 0 Å². The summed E-state index contributed by atoms with van der Waals surface area (Å²) in [5.41, 5.74) is 5.72. The molecule has 1 rings (SSSR count). The second-order valence-corrected chi connectivity index (χ2v) is 4.94. The molecule has 0 spiro atoms. The van der Waals surface area contributed by atoms with Crippen molar-refractivity contribution in [2.24, 2.45) is 17.6 Å². The number of carbonyl (C=O) groups excluding carboxylic acids is 1. The predicted octanol–water partition coefficient (Wildman–Crippen LogP) is 1.89. The molecule has 1 aliphatic carbocycles. The van der Waals surface area contributed by atoms with Crippen LogP contribution in [0.4, 0.5) is 4.79 Å². The molecule has 1 fully saturated rings. The van der Waals surface area contributed by atoms with Crippen molar-refractivity contribution in [3.63, 3.8) is 0 Å². The molecule has 2 atom stereocenters. The Balaban J connectivity index is 2.27. The van der Waals surface area contributed by atoms with E-state index in [1.54, 1.807) is 0 Å². The Morgan fingerprint density at radius 3 is 2.56 bits per heavy atom. The van der Waals surface area contributed by atoms with E-state index >= 15 is 0 Å². The highest BCUT2D eigenvalue weighted by atomic mass is 16.5. The van der Waals surface area contributed by atoms with Gasteiger partial charge in [-0.05, 0) is 45.1 Å². The molecule has 3 N–H and O–H groups in total. The van der Waals surface area contributed by atoms with Gasteiger partial charge < -0.3 is 15.8 Å². The van der Waals surface area contributed by atoms with E-state index in [2.05, 4.69) is 5.32 Å². The lowest BCUT2D eigenvalue weighted by Gasteiger charge is -2.30. The van der Waals surface area contributed by atoms with E-state index in [1.807, 2.05) is 13.8 Å². The van der Waals surface area contributed by atoms with Crippen LogP contribution >= 0.6 is 0 Å². The number of alkyl carbamates (subject to hydrolysis) is 1. The number of carbonyl (C=O) groups is 1. The monoisotopic (exact) mass is 228 g/mol. The second kappa shape index (κ2) is 6.74. The van der Waals surface area contributed by atoms with Crippen LogP contribution < -0.4 is 11.1 Å². The fourth-order valence-corrected chi connectivity index (χ4v) is 2.27. The van der Waals surface area contributed by atoms with Crippen molar-refractivity contribution in [3.05, 3.63) is 0 Å². The first kappa shape index (κ1) is 13.3. The SMILES string of the molecule is CC(C)NC(=O)OCC1CCCCC1CN. The van der Waals surface area contributed by atoms with Crippen LogP contribution in [-0.4, -0.2) is 25.3 Å². The Bertz CT molecular complexity index is 219. The first-order chi connectivity index (χ1) is 7.63. The lowest BCUT2D eigenvalue weighted by atomic mass is 9.80.